The Morgan fingerprint density at radius 3 is 2.28 bits per heavy atom. The number of hydrogen-bond acceptors (Lipinski definition) is 6. The zero-order valence-electron chi connectivity index (χ0n) is 32.9. The standard InChI is InChI=1S/C44H54F3N5O5/c1-42(2)18-37(42)40(54)51-26-43(27-51)25-50(39(53)32-19-49-52(21-32)20-30-6-3-4-8-36(30)41(55)56)22-34(43)24-57-23-31-7-5-9-35(38(31)29-14-16-48-17-15-29)28-10-12-33(13-11-28)44(45,46)47/h3-9,19,21,28-29,33-34,37,48H,10-18,20,22-27H2,1-2H3,(H,55,56). The minimum Gasteiger partial charge on any atom is -0.478 e. The van der Waals surface area contributed by atoms with Crippen molar-refractivity contribution < 1.29 is 37.4 Å². The highest BCUT2D eigenvalue weighted by molar-refractivity contribution is 5.94. The van der Waals surface area contributed by atoms with Crippen molar-refractivity contribution in [1.29, 1.82) is 0 Å². The molecule has 5 fully saturated rings. The van der Waals surface area contributed by atoms with E-state index in [4.69, 9.17) is 4.74 Å². The predicted molar refractivity (Wildman–Crippen MR) is 207 cm³/mol. The highest BCUT2D eigenvalue weighted by Crippen LogP contribution is 2.55. The van der Waals surface area contributed by atoms with Crippen LogP contribution in [0, 0.1) is 28.6 Å². The first-order valence-electron chi connectivity index (χ1n) is 20.6. The van der Waals surface area contributed by atoms with Crippen LogP contribution in [0.5, 0.6) is 0 Å². The number of carboxylic acids is 1. The maximum absolute atomic E-state index is 14.0. The van der Waals surface area contributed by atoms with Gasteiger partial charge in [-0.15, -0.1) is 0 Å². The molecule has 10 nitrogen and oxygen atoms in total. The molecular weight excluding hydrogens is 736 g/mol. The molecule has 306 valence electrons. The van der Waals surface area contributed by atoms with Gasteiger partial charge in [-0.1, -0.05) is 50.2 Å². The molecule has 2 aromatic carbocycles. The fourth-order valence-electron chi connectivity index (χ4n) is 10.3. The van der Waals surface area contributed by atoms with E-state index in [1.807, 2.05) is 15.9 Å². The molecule has 8 rings (SSSR count). The molecule has 1 spiro atoms. The molecule has 5 aliphatic rings. The van der Waals surface area contributed by atoms with Crippen molar-refractivity contribution in [2.45, 2.75) is 90.0 Å². The molecule has 3 aromatic rings. The Hall–Kier alpha value is -4.23. The van der Waals surface area contributed by atoms with Crippen molar-refractivity contribution >= 4 is 17.8 Å². The van der Waals surface area contributed by atoms with Gasteiger partial charge in [0.25, 0.3) is 5.91 Å². The molecule has 3 aliphatic heterocycles. The Balaban J connectivity index is 0.981. The molecule has 13 heteroatoms. The second-order valence-electron chi connectivity index (χ2n) is 18.1. The van der Waals surface area contributed by atoms with Crippen LogP contribution in [0.3, 0.4) is 0 Å². The van der Waals surface area contributed by atoms with Crippen molar-refractivity contribution in [3.63, 3.8) is 0 Å². The fourth-order valence-corrected chi connectivity index (χ4v) is 10.3. The van der Waals surface area contributed by atoms with Crippen LogP contribution in [-0.4, -0.2) is 94.5 Å². The number of carbonyl (C=O) groups excluding carboxylic acids is 2. The second kappa shape index (κ2) is 15.5. The van der Waals surface area contributed by atoms with Gasteiger partial charge in [0.15, 0.2) is 0 Å². The van der Waals surface area contributed by atoms with Crippen molar-refractivity contribution in [3.8, 4) is 0 Å². The highest BCUT2D eigenvalue weighted by atomic mass is 19.4. The van der Waals surface area contributed by atoms with Gasteiger partial charge in [-0.25, -0.2) is 4.79 Å². The number of aromatic nitrogens is 2. The van der Waals surface area contributed by atoms with Gasteiger partial charge in [-0.2, -0.15) is 18.3 Å². The van der Waals surface area contributed by atoms with Gasteiger partial charge >= 0.3 is 12.1 Å². The van der Waals surface area contributed by atoms with Gasteiger partial charge in [0.2, 0.25) is 5.91 Å². The Labute approximate surface area is 332 Å². The molecule has 2 aliphatic carbocycles. The lowest BCUT2D eigenvalue weighted by molar-refractivity contribution is -0.182. The summed E-state index contributed by atoms with van der Waals surface area (Å²) in [7, 11) is 0. The van der Waals surface area contributed by atoms with Gasteiger partial charge in [-0.05, 0) is 104 Å². The number of amides is 2. The fraction of sp³-hybridized carbons (Fsp3) is 0.591. The molecule has 4 heterocycles. The molecule has 2 unspecified atom stereocenters. The number of alkyl halides is 3. The molecule has 1 aromatic heterocycles. The number of ether oxygens (including phenoxy) is 1. The topological polar surface area (TPSA) is 117 Å². The molecule has 2 atom stereocenters. The van der Waals surface area contributed by atoms with Gasteiger partial charge in [0, 0.05) is 49.6 Å². The number of piperidine rings is 1. The Bertz CT molecular complexity index is 1980. The van der Waals surface area contributed by atoms with Crippen LogP contribution in [0.25, 0.3) is 0 Å². The molecule has 57 heavy (non-hydrogen) atoms. The van der Waals surface area contributed by atoms with Crippen LogP contribution in [0.15, 0.2) is 54.9 Å². The third-order valence-electron chi connectivity index (χ3n) is 13.9. The third-order valence-corrected chi connectivity index (χ3v) is 13.9. The first kappa shape index (κ1) is 39.6. The van der Waals surface area contributed by atoms with E-state index in [1.165, 1.54) is 17.3 Å². The van der Waals surface area contributed by atoms with Crippen molar-refractivity contribution in [3.05, 3.63) is 88.2 Å². The third kappa shape index (κ3) is 8.11. The van der Waals surface area contributed by atoms with Crippen LogP contribution in [0.1, 0.15) is 114 Å². The van der Waals surface area contributed by atoms with Crippen LogP contribution >= 0.6 is 0 Å². The summed E-state index contributed by atoms with van der Waals surface area (Å²) in [4.78, 5) is 43.0. The number of nitrogens with zero attached hydrogens (tertiary/aromatic N) is 4. The predicted octanol–water partition coefficient (Wildman–Crippen LogP) is 7.10. The number of carboxylic acid groups (broad SMARTS) is 1. The summed E-state index contributed by atoms with van der Waals surface area (Å²) in [6.07, 6.45) is 3.25. The van der Waals surface area contributed by atoms with E-state index < -0.39 is 18.1 Å². The van der Waals surface area contributed by atoms with Crippen LogP contribution in [0.4, 0.5) is 13.2 Å². The molecular formula is C44H54F3N5O5. The SMILES string of the molecule is CC1(C)CC1C(=O)N1CC2(CN(C(=O)c3cnn(Cc4ccccc4C(=O)O)c3)CC2COCc2cccc(C3CCC(C(F)(F)F)CC3)c2C2CCNCC2)C1. The quantitative estimate of drug-likeness (QED) is 0.213. The smallest absolute Gasteiger partial charge is 0.391 e. The molecule has 0 radical (unpaired) electrons. The lowest BCUT2D eigenvalue weighted by Gasteiger charge is -2.51. The molecule has 2 N–H and O–H groups in total. The van der Waals surface area contributed by atoms with Gasteiger partial charge in [-0.3, -0.25) is 14.3 Å². The number of benzene rings is 2. The summed E-state index contributed by atoms with van der Waals surface area (Å²) in [6.45, 7) is 9.11. The van der Waals surface area contributed by atoms with E-state index in [1.54, 1.807) is 35.1 Å². The number of aromatic carboxylic acids is 1. The summed E-state index contributed by atoms with van der Waals surface area (Å²) in [5.41, 5.74) is 4.43. The first-order valence-corrected chi connectivity index (χ1v) is 20.6. The van der Waals surface area contributed by atoms with E-state index in [0.29, 0.717) is 69.3 Å². The minimum atomic E-state index is -4.15. The molecule has 3 saturated heterocycles. The van der Waals surface area contributed by atoms with E-state index in [9.17, 15) is 32.7 Å². The number of likely N-dealkylation sites (tertiary alicyclic amines) is 2. The minimum absolute atomic E-state index is 0.0154. The summed E-state index contributed by atoms with van der Waals surface area (Å²) in [5.74, 6) is -1.80. The number of carbonyl (C=O) groups is 3. The van der Waals surface area contributed by atoms with E-state index >= 15 is 0 Å². The lowest BCUT2D eigenvalue weighted by atomic mass is 9.71. The number of rotatable bonds is 11. The number of halogens is 3. The first-order chi connectivity index (χ1) is 27.2. The second-order valence-corrected chi connectivity index (χ2v) is 18.1. The van der Waals surface area contributed by atoms with E-state index in [0.717, 1.165) is 37.9 Å². The van der Waals surface area contributed by atoms with Gasteiger partial charge < -0.3 is 25.0 Å². The van der Waals surface area contributed by atoms with Crippen LogP contribution < -0.4 is 5.32 Å². The lowest BCUT2D eigenvalue weighted by Crippen LogP contribution is -2.63. The average molecular weight is 790 g/mol. The maximum Gasteiger partial charge on any atom is 0.391 e. The summed E-state index contributed by atoms with van der Waals surface area (Å²) in [5, 5.41) is 17.5. The summed E-state index contributed by atoms with van der Waals surface area (Å²) < 4.78 is 48.9. The normalized spacial score (nSPS) is 25.7. The zero-order chi connectivity index (χ0) is 40.1. The number of hydrogen-bond donors (Lipinski definition) is 2. The summed E-state index contributed by atoms with van der Waals surface area (Å²) >= 11 is 0. The monoisotopic (exact) mass is 789 g/mol. The number of nitrogens with one attached hydrogen (secondary N) is 1. The maximum atomic E-state index is 14.0. The summed E-state index contributed by atoms with van der Waals surface area (Å²) in [6, 6.07) is 13.0. The van der Waals surface area contributed by atoms with E-state index in [2.05, 4.69) is 36.4 Å². The highest BCUT2D eigenvalue weighted by Gasteiger charge is 2.60. The largest absolute Gasteiger partial charge is 0.478 e. The van der Waals surface area contributed by atoms with Crippen molar-refractivity contribution in [1.82, 2.24) is 24.9 Å². The van der Waals surface area contributed by atoms with Crippen molar-refractivity contribution in [2.24, 2.45) is 28.6 Å². The van der Waals surface area contributed by atoms with Crippen LogP contribution in [-0.2, 0) is 22.7 Å². The molecule has 2 saturated carbocycles. The Kier molecular flexibility index (Phi) is 10.8. The van der Waals surface area contributed by atoms with E-state index in [-0.39, 0.29) is 65.3 Å². The van der Waals surface area contributed by atoms with Gasteiger partial charge in [0.1, 0.15) is 0 Å². The Morgan fingerprint density at radius 1 is 0.912 bits per heavy atom. The zero-order valence-corrected chi connectivity index (χ0v) is 32.9. The average Bonchev–Trinajstić information content (AvgIpc) is 3.46. The molecule has 2 amide bonds. The van der Waals surface area contributed by atoms with Gasteiger partial charge in [0.05, 0.1) is 43.0 Å². The van der Waals surface area contributed by atoms with Crippen LogP contribution in [0.2, 0.25) is 0 Å². The molecule has 0 bridgehead atoms. The van der Waals surface area contributed by atoms with Crippen molar-refractivity contribution in [2.75, 3.05) is 45.9 Å². The Morgan fingerprint density at radius 2 is 1.60 bits per heavy atom.